The van der Waals surface area contributed by atoms with Crippen molar-refractivity contribution in [2.24, 2.45) is 0 Å². The molecule has 0 heterocycles. The van der Waals surface area contributed by atoms with Crippen molar-refractivity contribution in [3.05, 3.63) is 24.3 Å². The number of ether oxygens (including phenoxy) is 1. The number of nitrogens with one attached hydrogen (secondary N) is 1. The molecular weight excluding hydrogens is 1040 g/mol. The van der Waals surface area contributed by atoms with Gasteiger partial charge < -0.3 is 20.3 Å². The fourth-order valence-electron chi connectivity index (χ4n) is 12.6. The summed E-state index contributed by atoms with van der Waals surface area (Å²) >= 11 is 0. The fourth-order valence-corrected chi connectivity index (χ4v) is 12.6. The van der Waals surface area contributed by atoms with Crippen LogP contribution < -0.4 is 5.32 Å². The lowest BCUT2D eigenvalue weighted by molar-refractivity contribution is -0.143. The van der Waals surface area contributed by atoms with Gasteiger partial charge in [-0.25, -0.2) is 0 Å². The van der Waals surface area contributed by atoms with E-state index in [1.807, 2.05) is 0 Å². The van der Waals surface area contributed by atoms with Crippen molar-refractivity contribution in [3.8, 4) is 0 Å². The van der Waals surface area contributed by atoms with Gasteiger partial charge in [0, 0.05) is 12.8 Å². The van der Waals surface area contributed by atoms with Crippen LogP contribution in [-0.2, 0) is 14.3 Å². The number of esters is 1. The van der Waals surface area contributed by atoms with Crippen molar-refractivity contribution in [3.63, 3.8) is 0 Å². The molecule has 0 spiro atoms. The van der Waals surface area contributed by atoms with Crippen molar-refractivity contribution in [2.45, 2.75) is 456 Å². The van der Waals surface area contributed by atoms with Gasteiger partial charge in [-0.2, -0.15) is 0 Å². The van der Waals surface area contributed by atoms with Gasteiger partial charge >= 0.3 is 5.97 Å². The molecule has 3 N–H and O–H groups in total. The SMILES string of the molecule is CCCCC/C=C\C/C=C\CCCCCCCCCCCC(=O)OCCCCCCCCCCCCCCCCCCCCCCCCCCCCCCC(=O)NC(CO)C(O)CCCCCCCCCCCCCCCCCCCCCCC. The summed E-state index contributed by atoms with van der Waals surface area (Å²) in [5, 5.41) is 23.5. The number of aliphatic hydroxyl groups excluding tert-OH is 2. The zero-order valence-corrected chi connectivity index (χ0v) is 57.9. The van der Waals surface area contributed by atoms with Crippen LogP contribution in [0.1, 0.15) is 444 Å². The zero-order chi connectivity index (χ0) is 61.3. The summed E-state index contributed by atoms with van der Waals surface area (Å²) in [6, 6.07) is -0.540. The lowest BCUT2D eigenvalue weighted by atomic mass is 10.0. The van der Waals surface area contributed by atoms with E-state index < -0.39 is 12.1 Å². The number of carbonyl (C=O) groups is 2. The van der Waals surface area contributed by atoms with E-state index in [9.17, 15) is 19.8 Å². The molecule has 0 aliphatic heterocycles. The first kappa shape index (κ1) is 83.3. The Kier molecular flexibility index (Phi) is 73.3. The fraction of sp³-hybridized carbons (Fsp3) is 0.924. The van der Waals surface area contributed by atoms with Crippen LogP contribution in [0, 0.1) is 0 Å². The lowest BCUT2D eigenvalue weighted by Crippen LogP contribution is -2.45. The molecule has 0 rings (SSSR count). The van der Waals surface area contributed by atoms with Crippen LogP contribution in [0.25, 0.3) is 0 Å². The molecule has 1 amide bonds. The second kappa shape index (κ2) is 74.8. The molecule has 6 heteroatoms. The molecule has 0 radical (unpaired) electrons. The summed E-state index contributed by atoms with van der Waals surface area (Å²) in [5.41, 5.74) is 0. The minimum absolute atomic E-state index is 0.0162. The number of hydrogen-bond donors (Lipinski definition) is 3. The largest absolute Gasteiger partial charge is 0.466 e. The van der Waals surface area contributed by atoms with Gasteiger partial charge in [0.05, 0.1) is 25.4 Å². The van der Waals surface area contributed by atoms with Crippen molar-refractivity contribution in [2.75, 3.05) is 13.2 Å². The second-order valence-electron chi connectivity index (χ2n) is 27.0. The van der Waals surface area contributed by atoms with E-state index in [-0.39, 0.29) is 18.5 Å². The van der Waals surface area contributed by atoms with E-state index in [0.717, 1.165) is 51.4 Å². The van der Waals surface area contributed by atoms with E-state index in [2.05, 4.69) is 43.5 Å². The number of carbonyl (C=O) groups excluding carboxylic acids is 2. The van der Waals surface area contributed by atoms with Gasteiger partial charge in [-0.15, -0.1) is 0 Å². The Bertz CT molecular complexity index is 1330. The summed E-state index contributed by atoms with van der Waals surface area (Å²) < 4.78 is 5.51. The maximum Gasteiger partial charge on any atom is 0.305 e. The quantitative estimate of drug-likeness (QED) is 0.0320. The van der Waals surface area contributed by atoms with E-state index in [1.165, 1.54) is 360 Å². The minimum Gasteiger partial charge on any atom is -0.466 e. The van der Waals surface area contributed by atoms with E-state index in [0.29, 0.717) is 25.9 Å². The molecule has 0 saturated carbocycles. The lowest BCUT2D eigenvalue weighted by Gasteiger charge is -2.22. The Morgan fingerprint density at radius 2 is 0.588 bits per heavy atom. The van der Waals surface area contributed by atoms with Gasteiger partial charge in [0.25, 0.3) is 0 Å². The van der Waals surface area contributed by atoms with Crippen LogP contribution in [0.3, 0.4) is 0 Å². The molecule has 2 unspecified atom stereocenters. The summed E-state index contributed by atoms with van der Waals surface area (Å²) in [6.07, 6.45) is 95.4. The summed E-state index contributed by atoms with van der Waals surface area (Å²) in [6.45, 7) is 4.98. The van der Waals surface area contributed by atoms with Crippen LogP contribution in [0.2, 0.25) is 0 Å². The van der Waals surface area contributed by atoms with Gasteiger partial charge in [0.1, 0.15) is 0 Å². The van der Waals surface area contributed by atoms with Crippen LogP contribution in [-0.4, -0.2) is 47.4 Å². The molecule has 0 bridgehead atoms. The van der Waals surface area contributed by atoms with Gasteiger partial charge in [-0.1, -0.05) is 398 Å². The number of hydrogen-bond acceptors (Lipinski definition) is 5. The highest BCUT2D eigenvalue weighted by Gasteiger charge is 2.20. The topological polar surface area (TPSA) is 95.9 Å². The summed E-state index contributed by atoms with van der Waals surface area (Å²) in [5.74, 6) is -0.0104. The average molecular weight is 1200 g/mol. The molecule has 0 aromatic rings. The minimum atomic E-state index is -0.663. The molecule has 504 valence electrons. The average Bonchev–Trinajstić information content (AvgIpc) is 3.51. The van der Waals surface area contributed by atoms with Crippen LogP contribution in [0.15, 0.2) is 24.3 Å². The second-order valence-corrected chi connectivity index (χ2v) is 27.0. The van der Waals surface area contributed by atoms with Gasteiger partial charge in [-0.05, 0) is 57.8 Å². The highest BCUT2D eigenvalue weighted by molar-refractivity contribution is 5.76. The van der Waals surface area contributed by atoms with E-state index in [4.69, 9.17) is 4.74 Å². The predicted octanol–water partition coefficient (Wildman–Crippen LogP) is 25.7. The first-order valence-electron chi connectivity index (χ1n) is 39.1. The standard InChI is InChI=1S/C79H153NO5/c1-3-5-7-9-11-13-15-17-19-21-23-32-36-39-43-47-51-55-59-63-67-71-77(82)76(75-81)80-78(83)72-68-64-60-56-52-48-44-40-37-33-30-28-26-24-25-27-29-31-34-38-42-46-50-54-58-62-66-70-74-85-79(84)73-69-65-61-57-53-49-45-41-35-22-20-18-16-14-12-10-8-6-4-2/h12,14,18,20,76-77,81-82H,3-11,13,15-17,19,21-75H2,1-2H3,(H,80,83)/b14-12-,20-18-. The van der Waals surface area contributed by atoms with Crippen LogP contribution in [0.4, 0.5) is 0 Å². The molecule has 6 nitrogen and oxygen atoms in total. The molecule has 0 aromatic carbocycles. The molecule has 85 heavy (non-hydrogen) atoms. The van der Waals surface area contributed by atoms with E-state index in [1.54, 1.807) is 0 Å². The highest BCUT2D eigenvalue weighted by Crippen LogP contribution is 2.20. The predicted molar refractivity (Wildman–Crippen MR) is 375 cm³/mol. The summed E-state index contributed by atoms with van der Waals surface area (Å²) in [4.78, 5) is 24.7. The Morgan fingerprint density at radius 1 is 0.329 bits per heavy atom. The normalized spacial score (nSPS) is 12.6. The molecular formula is C79H153NO5. The Balaban J connectivity index is 3.34. The molecule has 2 atom stereocenters. The van der Waals surface area contributed by atoms with Gasteiger partial charge in [0.15, 0.2) is 0 Å². The number of aliphatic hydroxyl groups is 2. The van der Waals surface area contributed by atoms with Crippen molar-refractivity contribution in [1.82, 2.24) is 5.32 Å². The first-order chi connectivity index (χ1) is 42.0. The maximum absolute atomic E-state index is 12.6. The number of allylic oxidation sites excluding steroid dienone is 4. The van der Waals surface area contributed by atoms with E-state index >= 15 is 0 Å². The maximum atomic E-state index is 12.6. The number of rotatable bonds is 74. The molecule has 0 aliphatic carbocycles. The van der Waals surface area contributed by atoms with Crippen molar-refractivity contribution < 1.29 is 24.5 Å². The Morgan fingerprint density at radius 3 is 0.918 bits per heavy atom. The number of unbranched alkanes of at least 4 members (excludes halogenated alkanes) is 59. The smallest absolute Gasteiger partial charge is 0.305 e. The molecule has 0 saturated heterocycles. The third kappa shape index (κ3) is 71.3. The molecule has 0 aliphatic rings. The molecule has 0 fully saturated rings. The Labute approximate surface area is 532 Å². The monoisotopic (exact) mass is 1200 g/mol. The third-order valence-corrected chi connectivity index (χ3v) is 18.5. The first-order valence-corrected chi connectivity index (χ1v) is 39.1. The highest BCUT2D eigenvalue weighted by atomic mass is 16.5. The van der Waals surface area contributed by atoms with Crippen LogP contribution >= 0.6 is 0 Å². The Hall–Kier alpha value is -1.66. The summed E-state index contributed by atoms with van der Waals surface area (Å²) in [7, 11) is 0. The van der Waals surface area contributed by atoms with Crippen LogP contribution in [0.5, 0.6) is 0 Å². The van der Waals surface area contributed by atoms with Gasteiger partial charge in [0.2, 0.25) is 5.91 Å². The van der Waals surface area contributed by atoms with Crippen molar-refractivity contribution >= 4 is 11.9 Å². The number of amides is 1. The zero-order valence-electron chi connectivity index (χ0n) is 57.9. The third-order valence-electron chi connectivity index (χ3n) is 18.5. The van der Waals surface area contributed by atoms with Crippen molar-refractivity contribution in [1.29, 1.82) is 0 Å². The van der Waals surface area contributed by atoms with Gasteiger partial charge in [-0.3, -0.25) is 9.59 Å². The molecule has 0 aromatic heterocycles.